The summed E-state index contributed by atoms with van der Waals surface area (Å²) in [5.41, 5.74) is -0.0372. The van der Waals surface area contributed by atoms with Gasteiger partial charge in [0.15, 0.2) is 0 Å². The van der Waals surface area contributed by atoms with E-state index < -0.39 is 5.54 Å². The van der Waals surface area contributed by atoms with Crippen LogP contribution in [0.4, 0.5) is 10.1 Å². The van der Waals surface area contributed by atoms with Gasteiger partial charge in [-0.2, -0.15) is 5.26 Å². The first kappa shape index (κ1) is 12.8. The van der Waals surface area contributed by atoms with E-state index in [0.29, 0.717) is 18.2 Å². The first-order valence-corrected chi connectivity index (χ1v) is 6.19. The van der Waals surface area contributed by atoms with E-state index in [-0.39, 0.29) is 5.82 Å². The minimum absolute atomic E-state index is 0.251. The molecule has 96 valence electrons. The van der Waals surface area contributed by atoms with E-state index in [1.165, 1.54) is 6.07 Å². The van der Waals surface area contributed by atoms with E-state index in [4.69, 9.17) is 0 Å². The van der Waals surface area contributed by atoms with Crippen LogP contribution < -0.4 is 10.2 Å². The van der Waals surface area contributed by atoms with Gasteiger partial charge in [-0.3, -0.25) is 0 Å². The lowest BCUT2D eigenvalue weighted by Crippen LogP contribution is -2.52. The zero-order chi connectivity index (χ0) is 13.2. The summed E-state index contributed by atoms with van der Waals surface area (Å²) < 4.78 is 13.7. The molecular weight excluding hydrogens is 229 g/mol. The summed E-state index contributed by atoms with van der Waals surface area (Å²) in [5.74, 6) is 0.125. The minimum Gasteiger partial charge on any atom is -0.369 e. The summed E-state index contributed by atoms with van der Waals surface area (Å²) in [4.78, 5) is 1.81. The van der Waals surface area contributed by atoms with Crippen LogP contribution in [0.5, 0.6) is 0 Å². The van der Waals surface area contributed by atoms with Crippen molar-refractivity contribution >= 4 is 5.69 Å². The predicted molar refractivity (Wildman–Crippen MR) is 69.8 cm³/mol. The first-order valence-electron chi connectivity index (χ1n) is 6.19. The second-order valence-corrected chi connectivity index (χ2v) is 4.91. The Morgan fingerprint density at radius 1 is 1.50 bits per heavy atom. The molecule has 1 aliphatic carbocycles. The zero-order valence-corrected chi connectivity index (χ0v) is 10.8. The molecule has 2 rings (SSSR count). The monoisotopic (exact) mass is 247 g/mol. The number of hydrogen-bond acceptors (Lipinski definition) is 3. The molecule has 0 aromatic heterocycles. The normalized spacial score (nSPS) is 17.9. The van der Waals surface area contributed by atoms with Crippen molar-refractivity contribution in [1.82, 2.24) is 5.32 Å². The van der Waals surface area contributed by atoms with Crippen LogP contribution in [-0.2, 0) is 0 Å². The maximum atomic E-state index is 13.7. The molecule has 1 aromatic rings. The van der Waals surface area contributed by atoms with Gasteiger partial charge in [0.05, 0.1) is 11.8 Å². The van der Waals surface area contributed by atoms with Gasteiger partial charge in [0, 0.05) is 13.6 Å². The average molecular weight is 247 g/mol. The second-order valence-electron chi connectivity index (χ2n) is 4.91. The van der Waals surface area contributed by atoms with Crippen molar-refractivity contribution in [3.8, 4) is 6.07 Å². The molecule has 1 aromatic carbocycles. The number of nitrogens with zero attached hydrogens (tertiary/aromatic N) is 2. The number of para-hydroxylation sites is 1. The van der Waals surface area contributed by atoms with E-state index in [1.807, 2.05) is 11.9 Å². The third-order valence-electron chi connectivity index (χ3n) is 3.67. The summed E-state index contributed by atoms with van der Waals surface area (Å²) in [5, 5.41) is 12.5. The highest BCUT2D eigenvalue weighted by molar-refractivity contribution is 5.48. The summed E-state index contributed by atoms with van der Waals surface area (Å²) in [6.07, 6.45) is 2.14. The smallest absolute Gasteiger partial charge is 0.146 e. The summed E-state index contributed by atoms with van der Waals surface area (Å²) in [6, 6.07) is 9.02. The maximum absolute atomic E-state index is 13.7. The van der Waals surface area contributed by atoms with Gasteiger partial charge in [-0.25, -0.2) is 4.39 Å². The number of likely N-dealkylation sites (N-methyl/N-ethyl adjacent to an activating group) is 2. The van der Waals surface area contributed by atoms with Gasteiger partial charge in [0.1, 0.15) is 11.4 Å². The van der Waals surface area contributed by atoms with Crippen molar-refractivity contribution in [3.63, 3.8) is 0 Å². The van der Waals surface area contributed by atoms with Crippen molar-refractivity contribution < 1.29 is 4.39 Å². The third kappa shape index (κ3) is 2.32. The minimum atomic E-state index is -0.572. The Kier molecular flexibility index (Phi) is 3.53. The molecule has 0 aliphatic heterocycles. The molecule has 0 spiro atoms. The molecule has 1 aliphatic rings. The fourth-order valence-electron chi connectivity index (χ4n) is 2.39. The summed E-state index contributed by atoms with van der Waals surface area (Å²) in [7, 11) is 3.63. The molecule has 1 fully saturated rings. The number of nitriles is 1. The Morgan fingerprint density at radius 2 is 2.17 bits per heavy atom. The van der Waals surface area contributed by atoms with Gasteiger partial charge in [-0.15, -0.1) is 0 Å². The molecule has 1 saturated carbocycles. The fourth-order valence-corrected chi connectivity index (χ4v) is 2.39. The highest BCUT2D eigenvalue weighted by Crippen LogP contribution is 2.40. The molecule has 18 heavy (non-hydrogen) atoms. The highest BCUT2D eigenvalue weighted by atomic mass is 19.1. The van der Waals surface area contributed by atoms with Crippen molar-refractivity contribution in [2.24, 2.45) is 5.92 Å². The standard InChI is InChI=1S/C14H18FN3/c1-17-14(9-16,11-7-8-11)10-18(2)13-6-4-3-5-12(13)15/h3-6,11,17H,7-8,10H2,1-2H3. The van der Waals surface area contributed by atoms with Crippen LogP contribution in [0.15, 0.2) is 24.3 Å². The summed E-state index contributed by atoms with van der Waals surface area (Å²) >= 11 is 0. The van der Waals surface area contributed by atoms with Crippen LogP contribution in [0.2, 0.25) is 0 Å². The number of anilines is 1. The lowest BCUT2D eigenvalue weighted by Gasteiger charge is -2.32. The van der Waals surface area contributed by atoms with E-state index in [2.05, 4.69) is 11.4 Å². The largest absolute Gasteiger partial charge is 0.369 e. The van der Waals surface area contributed by atoms with Crippen LogP contribution in [0.3, 0.4) is 0 Å². The Balaban J connectivity index is 2.18. The van der Waals surface area contributed by atoms with Gasteiger partial charge in [-0.05, 0) is 37.9 Å². The molecule has 3 nitrogen and oxygen atoms in total. The van der Waals surface area contributed by atoms with Gasteiger partial charge in [-0.1, -0.05) is 12.1 Å². The van der Waals surface area contributed by atoms with Crippen LogP contribution >= 0.6 is 0 Å². The number of hydrogen-bond donors (Lipinski definition) is 1. The molecule has 0 heterocycles. The van der Waals surface area contributed by atoms with Gasteiger partial charge < -0.3 is 10.2 Å². The van der Waals surface area contributed by atoms with Crippen LogP contribution in [0.25, 0.3) is 0 Å². The van der Waals surface area contributed by atoms with Crippen LogP contribution in [0.1, 0.15) is 12.8 Å². The molecule has 0 amide bonds. The molecule has 0 saturated heterocycles. The topological polar surface area (TPSA) is 39.1 Å². The summed E-state index contributed by atoms with van der Waals surface area (Å²) in [6.45, 7) is 0.492. The lowest BCUT2D eigenvalue weighted by molar-refractivity contribution is 0.397. The van der Waals surface area contributed by atoms with Crippen molar-refractivity contribution in [2.75, 3.05) is 25.5 Å². The molecule has 4 heteroatoms. The molecule has 0 radical (unpaired) electrons. The van der Waals surface area contributed by atoms with E-state index in [1.54, 1.807) is 25.2 Å². The Labute approximate surface area is 107 Å². The third-order valence-corrected chi connectivity index (χ3v) is 3.67. The second kappa shape index (κ2) is 4.95. The highest BCUT2D eigenvalue weighted by Gasteiger charge is 2.45. The lowest BCUT2D eigenvalue weighted by atomic mass is 9.94. The van der Waals surface area contributed by atoms with E-state index in [9.17, 15) is 9.65 Å². The molecule has 1 N–H and O–H groups in total. The maximum Gasteiger partial charge on any atom is 0.146 e. The Hall–Kier alpha value is -1.60. The number of benzene rings is 1. The van der Waals surface area contributed by atoms with Crippen molar-refractivity contribution in [3.05, 3.63) is 30.1 Å². The zero-order valence-electron chi connectivity index (χ0n) is 10.8. The quantitative estimate of drug-likeness (QED) is 0.866. The SMILES string of the molecule is CNC(C#N)(CN(C)c1ccccc1F)C1CC1. The van der Waals surface area contributed by atoms with Crippen molar-refractivity contribution in [1.29, 1.82) is 5.26 Å². The molecule has 1 atom stereocenters. The number of rotatable bonds is 5. The number of halogens is 1. The molecular formula is C14H18FN3. The van der Waals surface area contributed by atoms with Gasteiger partial charge in [0.25, 0.3) is 0 Å². The van der Waals surface area contributed by atoms with E-state index >= 15 is 0 Å². The first-order chi connectivity index (χ1) is 8.63. The van der Waals surface area contributed by atoms with Crippen LogP contribution in [-0.4, -0.2) is 26.2 Å². The van der Waals surface area contributed by atoms with Crippen molar-refractivity contribution in [2.45, 2.75) is 18.4 Å². The van der Waals surface area contributed by atoms with Crippen LogP contribution in [0, 0.1) is 23.1 Å². The number of nitrogens with one attached hydrogen (secondary N) is 1. The molecule has 1 unspecified atom stereocenters. The average Bonchev–Trinajstić information content (AvgIpc) is 3.21. The van der Waals surface area contributed by atoms with E-state index in [0.717, 1.165) is 12.8 Å². The van der Waals surface area contributed by atoms with Gasteiger partial charge in [0.2, 0.25) is 0 Å². The Bertz CT molecular complexity index is 464. The Morgan fingerprint density at radius 3 is 2.67 bits per heavy atom. The predicted octanol–water partition coefficient (Wildman–Crippen LogP) is 2.15. The van der Waals surface area contributed by atoms with Gasteiger partial charge >= 0.3 is 0 Å². The molecule has 0 bridgehead atoms. The fraction of sp³-hybridized carbons (Fsp3) is 0.500.